The van der Waals surface area contributed by atoms with E-state index < -0.39 is 0 Å². The zero-order valence-corrected chi connectivity index (χ0v) is 11.3. The molecule has 0 radical (unpaired) electrons. The van der Waals surface area contributed by atoms with E-state index in [9.17, 15) is 4.79 Å². The molecule has 0 amide bonds. The number of nitrogens with one attached hydrogen (secondary N) is 1. The molecule has 2 unspecified atom stereocenters. The van der Waals surface area contributed by atoms with Crippen LogP contribution in [-0.4, -0.2) is 28.6 Å². The Kier molecular flexibility index (Phi) is 3.48. The maximum atomic E-state index is 11.5. The van der Waals surface area contributed by atoms with Gasteiger partial charge in [0.25, 0.3) is 5.56 Å². The number of aromatic nitrogens is 2. The molecule has 0 spiro atoms. The first-order chi connectivity index (χ1) is 7.59. The fraction of sp³-hybridized carbons (Fsp3) is 0.600. The molecule has 2 atom stereocenters. The van der Waals surface area contributed by atoms with Gasteiger partial charge in [0.15, 0.2) is 0 Å². The fourth-order valence-corrected chi connectivity index (χ4v) is 2.70. The molecule has 16 heavy (non-hydrogen) atoms. The normalized spacial score (nSPS) is 25.8. The molecule has 5 nitrogen and oxygen atoms in total. The average Bonchev–Trinajstić information content (AvgIpc) is 2.23. The monoisotopic (exact) mass is 334 g/mol. The van der Waals surface area contributed by atoms with Crippen molar-refractivity contribution < 1.29 is 0 Å². The van der Waals surface area contributed by atoms with Crippen LogP contribution >= 0.6 is 22.6 Å². The van der Waals surface area contributed by atoms with Crippen LogP contribution in [0.3, 0.4) is 0 Å². The lowest BCUT2D eigenvalue weighted by Gasteiger charge is -2.37. The van der Waals surface area contributed by atoms with Crippen LogP contribution in [0.1, 0.15) is 19.8 Å². The van der Waals surface area contributed by atoms with E-state index in [0.717, 1.165) is 25.2 Å². The van der Waals surface area contributed by atoms with Crippen LogP contribution in [-0.2, 0) is 0 Å². The van der Waals surface area contributed by atoms with E-state index in [4.69, 9.17) is 5.73 Å². The second kappa shape index (κ2) is 4.70. The first kappa shape index (κ1) is 11.8. The number of rotatable bonds is 1. The summed E-state index contributed by atoms with van der Waals surface area (Å²) in [7, 11) is 0. The average molecular weight is 334 g/mol. The third-order valence-electron chi connectivity index (χ3n) is 2.97. The largest absolute Gasteiger partial charge is 0.353 e. The standard InChI is InChI=1S/C10H15IN4O/c1-6-4-7(12)2-3-15(6)9-8(11)10(16)14-5-13-9/h5-7H,2-4,12H2,1H3,(H,13,14,16). The number of halogens is 1. The topological polar surface area (TPSA) is 75.0 Å². The maximum Gasteiger partial charge on any atom is 0.266 e. The van der Waals surface area contributed by atoms with Crippen molar-refractivity contribution in [2.45, 2.75) is 31.8 Å². The summed E-state index contributed by atoms with van der Waals surface area (Å²) in [5.41, 5.74) is 5.84. The van der Waals surface area contributed by atoms with Crippen molar-refractivity contribution in [1.82, 2.24) is 9.97 Å². The zero-order valence-electron chi connectivity index (χ0n) is 9.11. The van der Waals surface area contributed by atoms with E-state index in [1.165, 1.54) is 6.33 Å². The first-order valence-corrected chi connectivity index (χ1v) is 6.43. The summed E-state index contributed by atoms with van der Waals surface area (Å²) in [5, 5.41) is 0. The Labute approximate surface area is 108 Å². The highest BCUT2D eigenvalue weighted by Gasteiger charge is 2.26. The molecule has 3 N–H and O–H groups in total. The van der Waals surface area contributed by atoms with Gasteiger partial charge in [0.05, 0.1) is 6.33 Å². The van der Waals surface area contributed by atoms with Crippen molar-refractivity contribution in [3.63, 3.8) is 0 Å². The van der Waals surface area contributed by atoms with Gasteiger partial charge in [-0.2, -0.15) is 0 Å². The summed E-state index contributed by atoms with van der Waals surface area (Å²) in [6.45, 7) is 2.99. The number of aromatic amines is 1. The van der Waals surface area contributed by atoms with Gasteiger partial charge in [-0.15, -0.1) is 0 Å². The Hall–Kier alpha value is -0.630. The molecule has 1 aliphatic heterocycles. The van der Waals surface area contributed by atoms with Crippen molar-refractivity contribution in [1.29, 1.82) is 0 Å². The number of piperidine rings is 1. The summed E-state index contributed by atoms with van der Waals surface area (Å²) in [6.07, 6.45) is 3.36. The fourth-order valence-electron chi connectivity index (χ4n) is 2.10. The summed E-state index contributed by atoms with van der Waals surface area (Å²) in [6, 6.07) is 0.609. The molecule has 0 aromatic carbocycles. The molecule has 0 saturated carbocycles. The molecule has 88 valence electrons. The molecule has 1 fully saturated rings. The van der Waals surface area contributed by atoms with Gasteiger partial charge < -0.3 is 15.6 Å². The SMILES string of the molecule is CC1CC(N)CCN1c1nc[nH]c(=O)c1I. The zero-order chi connectivity index (χ0) is 11.7. The van der Waals surface area contributed by atoms with Gasteiger partial charge in [-0.25, -0.2) is 4.98 Å². The summed E-state index contributed by atoms with van der Waals surface area (Å²) in [4.78, 5) is 20.5. The number of nitrogens with two attached hydrogens (primary N) is 1. The van der Waals surface area contributed by atoms with E-state index in [2.05, 4.69) is 21.8 Å². The van der Waals surface area contributed by atoms with E-state index in [-0.39, 0.29) is 11.6 Å². The predicted molar refractivity (Wildman–Crippen MR) is 71.6 cm³/mol. The highest BCUT2D eigenvalue weighted by molar-refractivity contribution is 14.1. The van der Waals surface area contributed by atoms with E-state index in [0.29, 0.717) is 9.61 Å². The highest BCUT2D eigenvalue weighted by Crippen LogP contribution is 2.24. The lowest BCUT2D eigenvalue weighted by Crippen LogP contribution is -2.46. The third-order valence-corrected chi connectivity index (χ3v) is 3.94. The second-order valence-corrected chi connectivity index (χ2v) is 5.27. The van der Waals surface area contributed by atoms with Gasteiger partial charge in [0.2, 0.25) is 0 Å². The minimum absolute atomic E-state index is 0.0762. The Balaban J connectivity index is 2.30. The first-order valence-electron chi connectivity index (χ1n) is 5.35. The van der Waals surface area contributed by atoms with Crippen LogP contribution in [0.15, 0.2) is 11.1 Å². The molecule has 1 aliphatic rings. The number of hydrogen-bond acceptors (Lipinski definition) is 4. The molecule has 2 rings (SSSR count). The van der Waals surface area contributed by atoms with E-state index in [1.54, 1.807) is 0 Å². The quantitative estimate of drug-likeness (QED) is 0.741. The summed E-state index contributed by atoms with van der Waals surface area (Å²) >= 11 is 2.04. The molecular formula is C10H15IN4O. The molecule has 1 aromatic heterocycles. The smallest absolute Gasteiger partial charge is 0.266 e. The predicted octanol–water partition coefficient (Wildman–Crippen LogP) is 0.690. The summed E-state index contributed by atoms with van der Waals surface area (Å²) < 4.78 is 0.655. The molecule has 2 heterocycles. The lowest BCUT2D eigenvalue weighted by molar-refractivity contribution is 0.426. The van der Waals surface area contributed by atoms with Crippen LogP contribution in [0.2, 0.25) is 0 Å². The van der Waals surface area contributed by atoms with Gasteiger partial charge in [-0.05, 0) is 42.4 Å². The van der Waals surface area contributed by atoms with Crippen molar-refractivity contribution in [3.05, 3.63) is 20.3 Å². The van der Waals surface area contributed by atoms with Crippen molar-refractivity contribution in [2.24, 2.45) is 5.73 Å². The van der Waals surface area contributed by atoms with E-state index in [1.807, 2.05) is 22.6 Å². The number of nitrogens with zero attached hydrogens (tertiary/aromatic N) is 2. The van der Waals surface area contributed by atoms with Gasteiger partial charge in [0, 0.05) is 18.6 Å². The minimum atomic E-state index is -0.0762. The van der Waals surface area contributed by atoms with Crippen LogP contribution in [0.4, 0.5) is 5.82 Å². The molecule has 1 aromatic rings. The molecule has 1 saturated heterocycles. The van der Waals surface area contributed by atoms with Crippen molar-refractivity contribution in [3.8, 4) is 0 Å². The molecule has 0 aliphatic carbocycles. The summed E-state index contributed by atoms with van der Waals surface area (Å²) in [5.74, 6) is 0.781. The number of hydrogen-bond donors (Lipinski definition) is 2. The maximum absolute atomic E-state index is 11.5. The Morgan fingerprint density at radius 2 is 2.44 bits per heavy atom. The Morgan fingerprint density at radius 1 is 1.69 bits per heavy atom. The second-order valence-electron chi connectivity index (χ2n) is 4.20. The minimum Gasteiger partial charge on any atom is -0.353 e. The van der Waals surface area contributed by atoms with Crippen LogP contribution in [0, 0.1) is 3.57 Å². The van der Waals surface area contributed by atoms with Gasteiger partial charge in [-0.1, -0.05) is 0 Å². The number of H-pyrrole nitrogens is 1. The van der Waals surface area contributed by atoms with E-state index >= 15 is 0 Å². The third kappa shape index (κ3) is 2.22. The Morgan fingerprint density at radius 3 is 3.12 bits per heavy atom. The van der Waals surface area contributed by atoms with Crippen LogP contribution in [0.25, 0.3) is 0 Å². The van der Waals surface area contributed by atoms with Gasteiger partial charge >= 0.3 is 0 Å². The van der Waals surface area contributed by atoms with Crippen molar-refractivity contribution in [2.75, 3.05) is 11.4 Å². The number of anilines is 1. The van der Waals surface area contributed by atoms with Crippen LogP contribution < -0.4 is 16.2 Å². The Bertz CT molecular complexity index is 433. The molecular weight excluding hydrogens is 319 g/mol. The van der Waals surface area contributed by atoms with Crippen LogP contribution in [0.5, 0.6) is 0 Å². The molecule has 0 bridgehead atoms. The van der Waals surface area contributed by atoms with Gasteiger partial charge in [-0.3, -0.25) is 4.79 Å². The highest BCUT2D eigenvalue weighted by atomic mass is 127. The van der Waals surface area contributed by atoms with Crippen molar-refractivity contribution >= 4 is 28.4 Å². The lowest BCUT2D eigenvalue weighted by atomic mass is 9.99. The molecule has 6 heteroatoms. The van der Waals surface area contributed by atoms with Gasteiger partial charge in [0.1, 0.15) is 9.39 Å².